The van der Waals surface area contributed by atoms with Gasteiger partial charge in [-0.3, -0.25) is 9.69 Å². The second-order valence-corrected chi connectivity index (χ2v) is 8.84. The predicted octanol–water partition coefficient (Wildman–Crippen LogP) is 4.83. The molecule has 0 spiro atoms. The third-order valence-electron chi connectivity index (χ3n) is 6.18. The number of amides is 1. The third kappa shape index (κ3) is 5.43. The number of hydrogen-bond acceptors (Lipinski definition) is 5. The summed E-state index contributed by atoms with van der Waals surface area (Å²) in [5.74, 6) is 1.31. The molecule has 1 aliphatic rings. The highest BCUT2D eigenvalue weighted by atomic mass is 16.5. The minimum atomic E-state index is -0.0255. The molecule has 1 aliphatic heterocycles. The molecule has 0 bridgehead atoms. The van der Waals surface area contributed by atoms with Crippen LogP contribution >= 0.6 is 0 Å². The summed E-state index contributed by atoms with van der Waals surface area (Å²) in [7, 11) is 0. The highest BCUT2D eigenvalue weighted by molar-refractivity contribution is 5.79. The van der Waals surface area contributed by atoms with E-state index in [4.69, 9.17) is 4.52 Å². The maximum Gasteiger partial charge on any atom is 0.241 e. The molecule has 2 atom stereocenters. The summed E-state index contributed by atoms with van der Waals surface area (Å²) >= 11 is 0. The molecule has 4 rings (SSSR count). The largest absolute Gasteiger partial charge is 0.349 e. The molecule has 6 heteroatoms. The number of aromatic nitrogens is 2. The van der Waals surface area contributed by atoms with Crippen LogP contribution in [0.1, 0.15) is 54.8 Å². The second-order valence-electron chi connectivity index (χ2n) is 8.84. The van der Waals surface area contributed by atoms with Crippen molar-refractivity contribution >= 4 is 5.91 Å². The highest BCUT2D eigenvalue weighted by Gasteiger charge is 2.28. The van der Waals surface area contributed by atoms with Gasteiger partial charge in [-0.25, -0.2) is 0 Å². The predicted molar refractivity (Wildman–Crippen MR) is 125 cm³/mol. The monoisotopic (exact) mass is 432 g/mol. The van der Waals surface area contributed by atoms with Crippen molar-refractivity contribution in [3.8, 4) is 11.4 Å². The van der Waals surface area contributed by atoms with Crippen molar-refractivity contribution in [3.05, 3.63) is 71.1 Å². The van der Waals surface area contributed by atoms with E-state index in [2.05, 4.69) is 58.5 Å². The van der Waals surface area contributed by atoms with E-state index in [-0.39, 0.29) is 17.9 Å². The lowest BCUT2D eigenvalue weighted by Crippen LogP contribution is -2.43. The van der Waals surface area contributed by atoms with Crippen molar-refractivity contribution < 1.29 is 9.32 Å². The Balaban J connectivity index is 1.36. The number of piperidine rings is 1. The quantitative estimate of drug-likeness (QED) is 0.579. The second kappa shape index (κ2) is 10.1. The molecular formula is C26H32N4O2. The smallest absolute Gasteiger partial charge is 0.241 e. The first-order chi connectivity index (χ1) is 15.5. The van der Waals surface area contributed by atoms with Gasteiger partial charge in [-0.1, -0.05) is 65.7 Å². The molecule has 2 heterocycles. The van der Waals surface area contributed by atoms with Crippen molar-refractivity contribution in [2.45, 2.75) is 52.6 Å². The van der Waals surface area contributed by atoms with Gasteiger partial charge in [-0.15, -0.1) is 0 Å². The van der Waals surface area contributed by atoms with Crippen LogP contribution in [0.4, 0.5) is 0 Å². The van der Waals surface area contributed by atoms with E-state index >= 15 is 0 Å². The van der Waals surface area contributed by atoms with Gasteiger partial charge in [0.1, 0.15) is 0 Å². The van der Waals surface area contributed by atoms with E-state index in [0.29, 0.717) is 24.8 Å². The van der Waals surface area contributed by atoms with Crippen molar-refractivity contribution in [2.24, 2.45) is 5.92 Å². The molecule has 6 nitrogen and oxygen atoms in total. The molecule has 3 aromatic rings. The van der Waals surface area contributed by atoms with Crippen molar-refractivity contribution in [2.75, 3.05) is 13.1 Å². The number of likely N-dealkylation sites (tertiary alicyclic amines) is 1. The molecule has 2 unspecified atom stereocenters. The summed E-state index contributed by atoms with van der Waals surface area (Å²) in [5, 5.41) is 7.42. The van der Waals surface area contributed by atoms with Crippen LogP contribution in [-0.2, 0) is 11.3 Å². The van der Waals surface area contributed by atoms with Gasteiger partial charge in [0.15, 0.2) is 0 Å². The van der Waals surface area contributed by atoms with Gasteiger partial charge < -0.3 is 9.84 Å². The summed E-state index contributed by atoms with van der Waals surface area (Å²) in [4.78, 5) is 19.9. The molecule has 1 N–H and O–H groups in total. The van der Waals surface area contributed by atoms with Gasteiger partial charge in [0, 0.05) is 12.1 Å². The summed E-state index contributed by atoms with van der Waals surface area (Å²) in [6, 6.07) is 16.5. The lowest BCUT2D eigenvalue weighted by atomic mass is 9.95. The molecule has 1 fully saturated rings. The van der Waals surface area contributed by atoms with Gasteiger partial charge in [0.25, 0.3) is 0 Å². The lowest BCUT2D eigenvalue weighted by Gasteiger charge is -2.32. The molecule has 0 radical (unpaired) electrons. The molecule has 0 aliphatic carbocycles. The number of carbonyl (C=O) groups is 1. The van der Waals surface area contributed by atoms with E-state index in [1.165, 1.54) is 5.56 Å². The third-order valence-corrected chi connectivity index (χ3v) is 6.18. The standard InChI is InChI=1S/C26H32N4O2/c1-4-23(20-12-10-18(2)11-13-20)27-26(31)22-9-6-14-30(16-22)17-24-28-25(29-32-24)21-8-5-7-19(3)15-21/h5,7-8,10-13,15,22-23H,4,6,9,14,16-17H2,1-3H3,(H,27,31). The van der Waals surface area contributed by atoms with Crippen LogP contribution in [0.15, 0.2) is 53.1 Å². The van der Waals surface area contributed by atoms with Gasteiger partial charge in [-0.2, -0.15) is 4.98 Å². The maximum absolute atomic E-state index is 13.0. The molecule has 168 valence electrons. The normalized spacial score (nSPS) is 17.8. The fraction of sp³-hybridized carbons (Fsp3) is 0.423. The zero-order valence-corrected chi connectivity index (χ0v) is 19.2. The first-order valence-corrected chi connectivity index (χ1v) is 11.5. The Hall–Kier alpha value is -2.99. The molecule has 2 aromatic carbocycles. The summed E-state index contributed by atoms with van der Waals surface area (Å²) in [6.07, 6.45) is 2.76. The van der Waals surface area contributed by atoms with Crippen LogP contribution in [-0.4, -0.2) is 34.0 Å². The van der Waals surface area contributed by atoms with Crippen LogP contribution in [0.2, 0.25) is 0 Å². The molecular weight excluding hydrogens is 400 g/mol. The van der Waals surface area contributed by atoms with Gasteiger partial charge in [0.05, 0.1) is 18.5 Å². The Morgan fingerprint density at radius 2 is 2.00 bits per heavy atom. The topological polar surface area (TPSA) is 71.3 Å². The molecule has 1 saturated heterocycles. The Morgan fingerprint density at radius 3 is 2.75 bits per heavy atom. The fourth-order valence-corrected chi connectivity index (χ4v) is 4.33. The average Bonchev–Trinajstić information content (AvgIpc) is 3.27. The minimum absolute atomic E-state index is 0.0255. The van der Waals surface area contributed by atoms with Gasteiger partial charge >= 0.3 is 0 Å². The van der Waals surface area contributed by atoms with Gasteiger partial charge in [-0.05, 0) is 51.3 Å². The first kappa shape index (κ1) is 22.2. The summed E-state index contributed by atoms with van der Waals surface area (Å²) in [6.45, 7) is 8.44. The van der Waals surface area contributed by atoms with E-state index in [1.54, 1.807) is 0 Å². The van der Waals surface area contributed by atoms with Crippen molar-refractivity contribution in [1.82, 2.24) is 20.4 Å². The highest BCUT2D eigenvalue weighted by Crippen LogP contribution is 2.23. The zero-order chi connectivity index (χ0) is 22.5. The van der Waals surface area contributed by atoms with E-state index in [1.807, 2.05) is 31.2 Å². The average molecular weight is 433 g/mol. The van der Waals surface area contributed by atoms with E-state index in [0.717, 1.165) is 42.5 Å². The Labute approximate surface area is 190 Å². The molecule has 32 heavy (non-hydrogen) atoms. The van der Waals surface area contributed by atoms with Crippen LogP contribution < -0.4 is 5.32 Å². The summed E-state index contributed by atoms with van der Waals surface area (Å²) in [5.41, 5.74) is 4.51. The number of aryl methyl sites for hydroxylation is 2. The van der Waals surface area contributed by atoms with Crippen LogP contribution in [0.3, 0.4) is 0 Å². The molecule has 1 amide bonds. The summed E-state index contributed by atoms with van der Waals surface area (Å²) < 4.78 is 5.50. The van der Waals surface area contributed by atoms with Crippen molar-refractivity contribution in [3.63, 3.8) is 0 Å². The molecule has 0 saturated carbocycles. The number of nitrogens with one attached hydrogen (secondary N) is 1. The Kier molecular flexibility index (Phi) is 7.00. The van der Waals surface area contributed by atoms with E-state index in [9.17, 15) is 4.79 Å². The zero-order valence-electron chi connectivity index (χ0n) is 19.2. The number of benzene rings is 2. The SMILES string of the molecule is CCC(NC(=O)C1CCCN(Cc2nc(-c3cccc(C)c3)no2)C1)c1ccc(C)cc1. The Morgan fingerprint density at radius 1 is 1.19 bits per heavy atom. The van der Waals surface area contributed by atoms with Crippen LogP contribution in [0, 0.1) is 19.8 Å². The number of hydrogen-bond donors (Lipinski definition) is 1. The van der Waals surface area contributed by atoms with Crippen molar-refractivity contribution in [1.29, 1.82) is 0 Å². The first-order valence-electron chi connectivity index (χ1n) is 11.5. The maximum atomic E-state index is 13.0. The fourth-order valence-electron chi connectivity index (χ4n) is 4.33. The van der Waals surface area contributed by atoms with Crippen LogP contribution in [0.25, 0.3) is 11.4 Å². The number of rotatable bonds is 7. The Bertz CT molecular complexity index is 1040. The number of nitrogens with zero attached hydrogens (tertiary/aromatic N) is 3. The van der Waals surface area contributed by atoms with Crippen LogP contribution in [0.5, 0.6) is 0 Å². The van der Waals surface area contributed by atoms with Gasteiger partial charge in [0.2, 0.25) is 17.6 Å². The minimum Gasteiger partial charge on any atom is -0.349 e. The van der Waals surface area contributed by atoms with E-state index < -0.39 is 0 Å². The lowest BCUT2D eigenvalue weighted by molar-refractivity contribution is -0.127. The number of carbonyl (C=O) groups excluding carboxylic acids is 1. The molecule has 1 aromatic heterocycles.